The summed E-state index contributed by atoms with van der Waals surface area (Å²) in [6.07, 6.45) is 3.13. The van der Waals surface area contributed by atoms with Gasteiger partial charge in [0.1, 0.15) is 11.6 Å². The molecule has 0 spiro atoms. The number of amides is 1. The molecule has 0 saturated carbocycles. The van der Waals surface area contributed by atoms with E-state index < -0.39 is 5.25 Å². The number of nitrogens with one attached hydrogen (secondary N) is 1. The first-order valence-corrected chi connectivity index (χ1v) is 12.1. The Kier molecular flexibility index (Phi) is 7.09. The molecule has 176 valence electrons. The Morgan fingerprint density at radius 1 is 1.15 bits per heavy atom. The molecule has 3 heterocycles. The van der Waals surface area contributed by atoms with Gasteiger partial charge in [0.2, 0.25) is 5.91 Å². The molecule has 0 unspecified atom stereocenters. The number of benzene rings is 1. The summed E-state index contributed by atoms with van der Waals surface area (Å²) < 4.78 is 7.55. The summed E-state index contributed by atoms with van der Waals surface area (Å²) in [5.74, 6) is 1.74. The zero-order valence-corrected chi connectivity index (χ0v) is 21.0. The molecule has 0 radical (unpaired) electrons. The van der Waals surface area contributed by atoms with Crippen LogP contribution in [-0.2, 0) is 16.8 Å². The zero-order chi connectivity index (χ0) is 24.3. The van der Waals surface area contributed by atoms with Gasteiger partial charge in [0, 0.05) is 11.8 Å². The Bertz CT molecular complexity index is 1250. The molecule has 1 N–H and O–H groups in total. The maximum Gasteiger partial charge on any atom is 0.238 e. The highest BCUT2D eigenvalue weighted by atomic mass is 35.5. The molecule has 0 aliphatic rings. The summed E-state index contributed by atoms with van der Waals surface area (Å²) in [6, 6.07) is 15.4. The number of carbonyl (C=O) groups is 1. The molecule has 9 heteroatoms. The van der Waals surface area contributed by atoms with Gasteiger partial charge in [0.25, 0.3) is 0 Å². The Hall–Kier alpha value is -3.10. The predicted octanol–water partition coefficient (Wildman–Crippen LogP) is 6.05. The number of hydrogen-bond acceptors (Lipinski definition) is 6. The Morgan fingerprint density at radius 2 is 1.91 bits per heavy atom. The van der Waals surface area contributed by atoms with Gasteiger partial charge >= 0.3 is 0 Å². The van der Waals surface area contributed by atoms with E-state index in [0.29, 0.717) is 28.4 Å². The van der Waals surface area contributed by atoms with Crippen LogP contribution >= 0.6 is 23.4 Å². The van der Waals surface area contributed by atoms with E-state index in [1.807, 2.05) is 23.6 Å². The van der Waals surface area contributed by atoms with Crippen LogP contribution in [0.5, 0.6) is 0 Å². The van der Waals surface area contributed by atoms with Crippen molar-refractivity contribution in [2.24, 2.45) is 0 Å². The molecule has 0 saturated heterocycles. The highest BCUT2D eigenvalue weighted by Gasteiger charge is 2.22. The lowest BCUT2D eigenvalue weighted by Crippen LogP contribution is -2.23. The molecule has 0 bridgehead atoms. The van der Waals surface area contributed by atoms with Gasteiger partial charge in [0.15, 0.2) is 11.0 Å². The quantitative estimate of drug-likeness (QED) is 0.314. The van der Waals surface area contributed by atoms with E-state index in [4.69, 9.17) is 16.0 Å². The Labute approximate surface area is 208 Å². The lowest BCUT2D eigenvalue weighted by atomic mass is 9.87. The van der Waals surface area contributed by atoms with Crippen LogP contribution in [0.1, 0.15) is 39.0 Å². The van der Waals surface area contributed by atoms with E-state index >= 15 is 0 Å². The molecule has 4 rings (SSSR count). The van der Waals surface area contributed by atoms with Crippen molar-refractivity contribution in [2.75, 3.05) is 5.32 Å². The molecule has 0 aliphatic carbocycles. The van der Waals surface area contributed by atoms with Crippen molar-refractivity contribution < 1.29 is 9.21 Å². The fourth-order valence-electron chi connectivity index (χ4n) is 3.30. The minimum absolute atomic E-state index is 0.0587. The lowest BCUT2D eigenvalue weighted by Gasteiger charge is -2.19. The highest BCUT2D eigenvalue weighted by Crippen LogP contribution is 2.30. The Balaban J connectivity index is 1.58. The third-order valence-corrected chi connectivity index (χ3v) is 6.55. The molecule has 7 nitrogen and oxygen atoms in total. The maximum absolute atomic E-state index is 12.8. The van der Waals surface area contributed by atoms with E-state index in [1.54, 1.807) is 18.4 Å². The van der Waals surface area contributed by atoms with Crippen LogP contribution in [0.2, 0.25) is 5.02 Å². The van der Waals surface area contributed by atoms with Gasteiger partial charge in [-0.2, -0.15) is 0 Å². The van der Waals surface area contributed by atoms with Crippen LogP contribution in [0.15, 0.2) is 70.6 Å². The van der Waals surface area contributed by atoms with Gasteiger partial charge in [-0.3, -0.25) is 9.36 Å². The van der Waals surface area contributed by atoms with E-state index in [0.717, 1.165) is 11.3 Å². The van der Waals surface area contributed by atoms with Crippen LogP contribution in [-0.4, -0.2) is 30.9 Å². The first kappa shape index (κ1) is 24.0. The monoisotopic (exact) mass is 495 g/mol. The van der Waals surface area contributed by atoms with E-state index in [2.05, 4.69) is 65.5 Å². The number of nitrogens with zero attached hydrogens (tertiary/aromatic N) is 4. The summed E-state index contributed by atoms with van der Waals surface area (Å²) >= 11 is 7.20. The number of anilines is 1. The zero-order valence-electron chi connectivity index (χ0n) is 19.4. The van der Waals surface area contributed by atoms with Crippen molar-refractivity contribution in [3.63, 3.8) is 0 Å². The number of pyridine rings is 1. The lowest BCUT2D eigenvalue weighted by molar-refractivity contribution is -0.115. The second-order valence-corrected chi connectivity index (χ2v) is 10.7. The highest BCUT2D eigenvalue weighted by molar-refractivity contribution is 8.00. The van der Waals surface area contributed by atoms with Crippen molar-refractivity contribution in [1.29, 1.82) is 0 Å². The van der Waals surface area contributed by atoms with Gasteiger partial charge in [-0.15, -0.1) is 10.2 Å². The fourth-order valence-corrected chi connectivity index (χ4v) is 4.26. The summed E-state index contributed by atoms with van der Waals surface area (Å²) in [5.41, 5.74) is 2.24. The molecule has 4 aromatic rings. The molecular formula is C25H26ClN5O2S. The van der Waals surface area contributed by atoms with Crippen molar-refractivity contribution in [3.8, 4) is 11.4 Å². The minimum Gasteiger partial charge on any atom is -0.467 e. The van der Waals surface area contributed by atoms with Gasteiger partial charge in [-0.05, 0) is 42.2 Å². The molecule has 3 aromatic heterocycles. The largest absolute Gasteiger partial charge is 0.467 e. The first-order chi connectivity index (χ1) is 16.2. The van der Waals surface area contributed by atoms with Crippen molar-refractivity contribution in [3.05, 3.63) is 77.3 Å². The molecular weight excluding hydrogens is 470 g/mol. The first-order valence-electron chi connectivity index (χ1n) is 10.9. The van der Waals surface area contributed by atoms with Crippen LogP contribution in [0.3, 0.4) is 0 Å². The third kappa shape index (κ3) is 5.69. The minimum atomic E-state index is -0.437. The third-order valence-electron chi connectivity index (χ3n) is 5.25. The number of furan rings is 1. The maximum atomic E-state index is 12.8. The molecule has 1 amide bonds. The van der Waals surface area contributed by atoms with Crippen molar-refractivity contribution in [2.45, 2.75) is 50.1 Å². The van der Waals surface area contributed by atoms with E-state index in [9.17, 15) is 4.79 Å². The normalized spacial score (nSPS) is 12.5. The summed E-state index contributed by atoms with van der Waals surface area (Å²) in [7, 11) is 0. The van der Waals surface area contributed by atoms with Crippen LogP contribution in [0, 0.1) is 0 Å². The predicted molar refractivity (Wildman–Crippen MR) is 135 cm³/mol. The number of aromatic nitrogens is 4. The fraction of sp³-hybridized carbons (Fsp3) is 0.280. The molecule has 34 heavy (non-hydrogen) atoms. The van der Waals surface area contributed by atoms with E-state index in [-0.39, 0.29) is 11.3 Å². The van der Waals surface area contributed by atoms with Crippen LogP contribution < -0.4 is 5.32 Å². The van der Waals surface area contributed by atoms with Gasteiger partial charge < -0.3 is 9.73 Å². The topological polar surface area (TPSA) is 85.8 Å². The van der Waals surface area contributed by atoms with Crippen molar-refractivity contribution >= 4 is 35.1 Å². The number of carbonyl (C=O) groups excluding carboxylic acids is 1. The number of rotatable bonds is 7. The number of hydrogen-bond donors (Lipinski definition) is 1. The molecule has 0 fully saturated rings. The summed E-state index contributed by atoms with van der Waals surface area (Å²) in [4.78, 5) is 16.9. The van der Waals surface area contributed by atoms with Gasteiger partial charge in [0.05, 0.1) is 23.1 Å². The van der Waals surface area contributed by atoms with Gasteiger partial charge in [-0.25, -0.2) is 4.98 Å². The molecule has 1 aromatic carbocycles. The number of thioether (sulfide) groups is 1. The molecule has 1 atom stereocenters. The smallest absolute Gasteiger partial charge is 0.238 e. The summed E-state index contributed by atoms with van der Waals surface area (Å²) in [6.45, 7) is 8.82. The Morgan fingerprint density at radius 3 is 2.53 bits per heavy atom. The van der Waals surface area contributed by atoms with E-state index in [1.165, 1.54) is 23.5 Å². The SMILES string of the molecule is C[C@H](Sc1nnc(-c2ccc(C(C)(C)C)cc2)n1Cc1ccco1)C(=O)Nc1ccc(Cl)cn1. The van der Waals surface area contributed by atoms with Gasteiger partial charge in [-0.1, -0.05) is 68.4 Å². The number of halogens is 1. The van der Waals surface area contributed by atoms with Crippen LogP contribution in [0.4, 0.5) is 5.82 Å². The average molecular weight is 496 g/mol. The molecule has 0 aliphatic heterocycles. The summed E-state index contributed by atoms with van der Waals surface area (Å²) in [5, 5.41) is 12.4. The second-order valence-electron chi connectivity index (χ2n) is 8.91. The van der Waals surface area contributed by atoms with Crippen molar-refractivity contribution in [1.82, 2.24) is 19.7 Å². The standard InChI is InChI=1S/C25H26ClN5O2S/c1-16(23(32)28-21-12-11-19(26)14-27-21)34-24-30-29-22(31(24)15-20-6-5-13-33-20)17-7-9-18(10-8-17)25(2,3)4/h5-14,16H,15H2,1-4H3,(H,27,28,32)/t16-/m0/s1. The van der Waals surface area contributed by atoms with Crippen LogP contribution in [0.25, 0.3) is 11.4 Å². The average Bonchev–Trinajstić information content (AvgIpc) is 3.45. The second kappa shape index (κ2) is 10.0.